The first-order valence-corrected chi connectivity index (χ1v) is 14.2. The number of hydrogen-bond donors (Lipinski definition) is 1. The molecule has 0 heterocycles. The summed E-state index contributed by atoms with van der Waals surface area (Å²) >= 11 is 0. The van der Waals surface area contributed by atoms with Gasteiger partial charge in [0.1, 0.15) is 22.8 Å². The molecule has 0 saturated heterocycles. The summed E-state index contributed by atoms with van der Waals surface area (Å²) in [6, 6.07) is 14.1. The first kappa shape index (κ1) is 30.4. The maximum atomic E-state index is 13.8. The summed E-state index contributed by atoms with van der Waals surface area (Å²) in [4.78, 5) is 38.1. The zero-order valence-corrected chi connectivity index (χ0v) is 24.3. The van der Waals surface area contributed by atoms with Crippen molar-refractivity contribution in [3.05, 3.63) is 59.2 Å². The Balaban J connectivity index is 1.92. The Morgan fingerprint density at radius 3 is 2.03 bits per heavy atom. The first-order chi connectivity index (χ1) is 18.5. The predicted molar refractivity (Wildman–Crippen MR) is 153 cm³/mol. The van der Waals surface area contributed by atoms with E-state index in [1.165, 1.54) is 12.5 Å². The van der Waals surface area contributed by atoms with E-state index in [1.54, 1.807) is 0 Å². The van der Waals surface area contributed by atoms with Crippen molar-refractivity contribution in [2.45, 2.75) is 91.4 Å². The zero-order chi connectivity index (χ0) is 28.8. The molecule has 39 heavy (non-hydrogen) atoms. The fourth-order valence-electron chi connectivity index (χ4n) is 5.56. The highest BCUT2D eigenvalue weighted by Gasteiger charge is 2.52. The molecule has 2 atom stereocenters. The molecule has 1 saturated carbocycles. The standard InChI is InChI=1S/C33H44O6/c1-7-38-28-19-24(20-29(39-8-2)30(28)23(4)34)22(3)26(27(35)21-33(17-18-33)31(36)37)15-12-16-32(5,6)25-13-10-9-11-14-25/h9-11,13-14,19-20,22,26H,7-8,12,15-18,21H2,1-6H3,(H,36,37)/t22-,26?/m1/s1. The van der Waals surface area contributed by atoms with E-state index in [1.807, 2.05) is 51.1 Å². The first-order valence-electron chi connectivity index (χ1n) is 14.2. The largest absolute Gasteiger partial charge is 0.493 e. The summed E-state index contributed by atoms with van der Waals surface area (Å²) in [7, 11) is 0. The number of ether oxygens (including phenoxy) is 2. The number of carbonyl (C=O) groups excluding carboxylic acids is 2. The fraction of sp³-hybridized carbons (Fsp3) is 0.545. The van der Waals surface area contributed by atoms with Crippen LogP contribution in [0, 0.1) is 11.3 Å². The Morgan fingerprint density at radius 2 is 1.56 bits per heavy atom. The second-order valence-electron chi connectivity index (χ2n) is 11.6. The summed E-state index contributed by atoms with van der Waals surface area (Å²) in [5.74, 6) is -0.685. The normalized spacial score (nSPS) is 15.7. The number of hydrogen-bond acceptors (Lipinski definition) is 5. The third kappa shape index (κ3) is 7.28. The monoisotopic (exact) mass is 536 g/mol. The van der Waals surface area contributed by atoms with E-state index in [4.69, 9.17) is 9.47 Å². The van der Waals surface area contributed by atoms with Gasteiger partial charge in [-0.2, -0.15) is 0 Å². The van der Waals surface area contributed by atoms with E-state index in [2.05, 4.69) is 26.0 Å². The van der Waals surface area contributed by atoms with Crippen LogP contribution in [0.15, 0.2) is 42.5 Å². The molecule has 2 aromatic rings. The molecule has 0 radical (unpaired) electrons. The number of ketones is 2. The van der Waals surface area contributed by atoms with Crippen LogP contribution in [0.4, 0.5) is 0 Å². The lowest BCUT2D eigenvalue weighted by Gasteiger charge is -2.29. The SMILES string of the molecule is CCOc1cc([C@@H](C)C(CCCC(C)(C)c2ccccc2)C(=O)CC2(C(=O)O)CC2)cc(OCC)c1C(C)=O. The topological polar surface area (TPSA) is 89.9 Å². The van der Waals surface area contributed by atoms with Crippen LogP contribution in [0.25, 0.3) is 0 Å². The third-order valence-electron chi connectivity index (χ3n) is 8.27. The van der Waals surface area contributed by atoms with Crippen LogP contribution in [0.2, 0.25) is 0 Å². The van der Waals surface area contributed by atoms with E-state index in [0.717, 1.165) is 18.4 Å². The van der Waals surface area contributed by atoms with Crippen molar-refractivity contribution in [3.8, 4) is 11.5 Å². The summed E-state index contributed by atoms with van der Waals surface area (Å²) in [5, 5.41) is 9.76. The lowest BCUT2D eigenvalue weighted by atomic mass is 9.75. The molecule has 1 aliphatic rings. The van der Waals surface area contributed by atoms with Crippen molar-refractivity contribution >= 4 is 17.5 Å². The number of carboxylic acids is 1. The molecule has 1 N–H and O–H groups in total. The van der Waals surface area contributed by atoms with Crippen LogP contribution in [0.5, 0.6) is 11.5 Å². The van der Waals surface area contributed by atoms with Gasteiger partial charge >= 0.3 is 5.97 Å². The maximum absolute atomic E-state index is 13.8. The predicted octanol–water partition coefficient (Wildman–Crippen LogP) is 7.38. The van der Waals surface area contributed by atoms with Gasteiger partial charge in [0.25, 0.3) is 0 Å². The summed E-state index contributed by atoms with van der Waals surface area (Å²) < 4.78 is 11.7. The molecular formula is C33H44O6. The molecule has 1 unspecified atom stereocenters. The van der Waals surface area contributed by atoms with Crippen LogP contribution < -0.4 is 9.47 Å². The number of aliphatic carboxylic acids is 1. The minimum atomic E-state index is -0.913. The van der Waals surface area contributed by atoms with Gasteiger partial charge in [-0.15, -0.1) is 0 Å². The van der Waals surface area contributed by atoms with Gasteiger partial charge in [-0.05, 0) is 81.0 Å². The van der Waals surface area contributed by atoms with E-state index < -0.39 is 11.4 Å². The van der Waals surface area contributed by atoms with E-state index in [0.29, 0.717) is 49.5 Å². The minimum absolute atomic E-state index is 0.00789. The molecule has 212 valence electrons. The second-order valence-corrected chi connectivity index (χ2v) is 11.6. The molecule has 0 amide bonds. The van der Waals surface area contributed by atoms with E-state index >= 15 is 0 Å². The van der Waals surface area contributed by atoms with Crippen LogP contribution in [0.1, 0.15) is 107 Å². The van der Waals surface area contributed by atoms with Gasteiger partial charge in [0.15, 0.2) is 5.78 Å². The average Bonchev–Trinajstić information content (AvgIpc) is 3.67. The Morgan fingerprint density at radius 1 is 1.00 bits per heavy atom. The summed E-state index contributed by atoms with van der Waals surface area (Å²) in [6.45, 7) is 12.4. The molecule has 1 aliphatic carbocycles. The van der Waals surface area contributed by atoms with E-state index in [9.17, 15) is 19.5 Å². The Kier molecular flexibility index (Phi) is 9.98. The van der Waals surface area contributed by atoms with Gasteiger partial charge in [0, 0.05) is 12.3 Å². The summed E-state index contributed by atoms with van der Waals surface area (Å²) in [6.07, 6.45) is 3.52. The number of rotatable bonds is 16. The van der Waals surface area contributed by atoms with Crippen molar-refractivity contribution in [2.75, 3.05) is 13.2 Å². The van der Waals surface area contributed by atoms with Gasteiger partial charge in [-0.3, -0.25) is 14.4 Å². The number of Topliss-reactive ketones (excluding diaryl/α,β-unsaturated/α-hetero) is 2. The highest BCUT2D eigenvalue weighted by atomic mass is 16.5. The third-order valence-corrected chi connectivity index (χ3v) is 8.27. The van der Waals surface area contributed by atoms with Gasteiger partial charge < -0.3 is 14.6 Å². The highest BCUT2D eigenvalue weighted by Crippen LogP contribution is 2.51. The van der Waals surface area contributed by atoms with Crippen LogP contribution in [-0.2, 0) is 15.0 Å². The minimum Gasteiger partial charge on any atom is -0.493 e. The lowest BCUT2D eigenvalue weighted by Crippen LogP contribution is -2.28. The molecule has 0 spiro atoms. The molecule has 3 rings (SSSR count). The van der Waals surface area contributed by atoms with Crippen molar-refractivity contribution in [1.82, 2.24) is 0 Å². The Labute approximate surface area is 233 Å². The average molecular weight is 537 g/mol. The molecule has 6 nitrogen and oxygen atoms in total. The quantitative estimate of drug-likeness (QED) is 0.225. The van der Waals surface area contributed by atoms with Gasteiger partial charge in [-0.1, -0.05) is 57.5 Å². The van der Waals surface area contributed by atoms with Crippen molar-refractivity contribution in [2.24, 2.45) is 11.3 Å². The maximum Gasteiger partial charge on any atom is 0.310 e. The van der Waals surface area contributed by atoms with Gasteiger partial charge in [0.2, 0.25) is 0 Å². The van der Waals surface area contributed by atoms with Crippen molar-refractivity contribution in [3.63, 3.8) is 0 Å². The van der Waals surface area contributed by atoms with Crippen LogP contribution in [-0.4, -0.2) is 35.9 Å². The Hall–Kier alpha value is -3.15. The molecule has 6 heteroatoms. The molecule has 0 aromatic heterocycles. The number of carboxylic acid groups (broad SMARTS) is 1. The van der Waals surface area contributed by atoms with Gasteiger partial charge in [0.05, 0.1) is 18.6 Å². The van der Waals surface area contributed by atoms with E-state index in [-0.39, 0.29) is 35.2 Å². The smallest absolute Gasteiger partial charge is 0.310 e. The van der Waals surface area contributed by atoms with Crippen LogP contribution >= 0.6 is 0 Å². The Bertz CT molecular complexity index is 1130. The molecule has 2 aromatic carbocycles. The molecular weight excluding hydrogens is 492 g/mol. The second kappa shape index (κ2) is 12.8. The molecule has 0 aliphatic heterocycles. The highest BCUT2D eigenvalue weighted by molar-refractivity contribution is 6.00. The zero-order valence-electron chi connectivity index (χ0n) is 24.3. The number of benzene rings is 2. The molecule has 0 bridgehead atoms. The van der Waals surface area contributed by atoms with Crippen molar-refractivity contribution in [1.29, 1.82) is 0 Å². The van der Waals surface area contributed by atoms with Gasteiger partial charge in [-0.25, -0.2) is 0 Å². The number of carbonyl (C=O) groups is 3. The van der Waals surface area contributed by atoms with Crippen molar-refractivity contribution < 1.29 is 29.0 Å². The van der Waals surface area contributed by atoms with Crippen LogP contribution in [0.3, 0.4) is 0 Å². The molecule has 1 fully saturated rings. The lowest BCUT2D eigenvalue weighted by molar-refractivity contribution is -0.146. The fourth-order valence-corrected chi connectivity index (χ4v) is 5.56. The summed E-state index contributed by atoms with van der Waals surface area (Å²) in [5.41, 5.74) is 1.55.